The molecule has 0 spiro atoms. The van der Waals surface area contributed by atoms with Crippen molar-refractivity contribution >= 4 is 22.9 Å². The molecule has 1 aliphatic heterocycles. The molecule has 0 aliphatic carbocycles. The van der Waals surface area contributed by atoms with E-state index in [9.17, 15) is 4.39 Å². The van der Waals surface area contributed by atoms with Gasteiger partial charge in [0.25, 0.3) is 0 Å². The lowest BCUT2D eigenvalue weighted by atomic mass is 10.1. The zero-order chi connectivity index (χ0) is 15.8. The zero-order valence-corrected chi connectivity index (χ0v) is 12.5. The highest BCUT2D eigenvalue weighted by atomic mass is 19.1. The smallest absolute Gasteiger partial charge is 0.360 e. The summed E-state index contributed by atoms with van der Waals surface area (Å²) in [6.07, 6.45) is 3.66. The van der Waals surface area contributed by atoms with E-state index in [4.69, 9.17) is 13.9 Å². The molecule has 23 heavy (non-hydrogen) atoms. The van der Waals surface area contributed by atoms with Gasteiger partial charge in [-0.1, -0.05) is 12.1 Å². The molecular weight excluding hydrogens is 295 g/mol. The second kappa shape index (κ2) is 5.39. The molecule has 2 heterocycles. The lowest BCUT2D eigenvalue weighted by molar-refractivity contribution is 0.174. The van der Waals surface area contributed by atoms with Crippen LogP contribution in [0.5, 0.6) is 11.5 Å². The van der Waals surface area contributed by atoms with E-state index >= 15 is 0 Å². The van der Waals surface area contributed by atoms with Gasteiger partial charge in [0.1, 0.15) is 5.82 Å². The molecule has 0 N–H and O–H groups in total. The molecule has 0 saturated heterocycles. The van der Waals surface area contributed by atoms with Gasteiger partial charge in [-0.15, -0.1) is 0 Å². The van der Waals surface area contributed by atoms with Crippen molar-refractivity contribution < 1.29 is 18.3 Å². The molecule has 3 aromatic rings. The highest BCUT2D eigenvalue weighted by molar-refractivity contribution is 5.93. The maximum absolute atomic E-state index is 13.3. The molecule has 0 saturated carbocycles. The molecule has 0 fully saturated rings. The third-order valence-electron chi connectivity index (χ3n) is 3.72. The number of hydrogen-bond acceptors (Lipinski definition) is 2. The minimum atomic E-state index is -0.262. The summed E-state index contributed by atoms with van der Waals surface area (Å²) in [5.41, 5.74) is 0.774. The summed E-state index contributed by atoms with van der Waals surface area (Å²) in [6.45, 7) is 2.12. The normalized spacial score (nSPS) is 13.1. The summed E-state index contributed by atoms with van der Waals surface area (Å²) >= 11 is 0. The number of fused-ring (bicyclic) bond motifs is 2. The van der Waals surface area contributed by atoms with Gasteiger partial charge in [0.15, 0.2) is 11.5 Å². The number of benzene rings is 2. The molecule has 3 nitrogen and oxygen atoms in total. The average molecular weight is 309 g/mol. The summed E-state index contributed by atoms with van der Waals surface area (Å²) in [6, 6.07) is 12.2. The number of hydrogen-bond donors (Lipinski definition) is 0. The zero-order valence-electron chi connectivity index (χ0n) is 12.5. The van der Waals surface area contributed by atoms with Gasteiger partial charge in [-0.3, -0.25) is 0 Å². The highest BCUT2D eigenvalue weighted by Crippen LogP contribution is 2.38. The molecular formula is C19H14FO3+. The first kappa shape index (κ1) is 13.8. The highest BCUT2D eigenvalue weighted by Gasteiger charge is 2.20. The summed E-state index contributed by atoms with van der Waals surface area (Å²) in [5, 5.41) is 1.93. The molecule has 0 radical (unpaired) electrons. The number of aryl methyl sites for hydroxylation is 1. The van der Waals surface area contributed by atoms with Crippen LogP contribution >= 0.6 is 0 Å². The summed E-state index contributed by atoms with van der Waals surface area (Å²) < 4.78 is 29.9. The number of rotatable bonds is 2. The Labute approximate surface area is 132 Å². The fourth-order valence-electron chi connectivity index (χ4n) is 2.67. The van der Waals surface area contributed by atoms with Crippen LogP contribution in [0.4, 0.5) is 4.39 Å². The van der Waals surface area contributed by atoms with Crippen LogP contribution in [0, 0.1) is 12.7 Å². The first-order chi connectivity index (χ1) is 11.2. The predicted molar refractivity (Wildman–Crippen MR) is 86.8 cm³/mol. The van der Waals surface area contributed by atoms with E-state index in [2.05, 4.69) is 0 Å². The fraction of sp³-hybridized carbons (Fsp3) is 0.105. The van der Waals surface area contributed by atoms with Gasteiger partial charge < -0.3 is 9.47 Å². The van der Waals surface area contributed by atoms with Crippen LogP contribution in [0.15, 0.2) is 46.9 Å². The van der Waals surface area contributed by atoms with Crippen LogP contribution in [0.3, 0.4) is 0 Å². The third kappa shape index (κ3) is 2.63. The Kier molecular flexibility index (Phi) is 3.23. The van der Waals surface area contributed by atoms with Crippen molar-refractivity contribution in [2.75, 3.05) is 6.79 Å². The van der Waals surface area contributed by atoms with E-state index in [0.29, 0.717) is 11.5 Å². The monoisotopic (exact) mass is 309 g/mol. The maximum atomic E-state index is 13.3. The van der Waals surface area contributed by atoms with Gasteiger partial charge >= 0.3 is 11.5 Å². The van der Waals surface area contributed by atoms with Crippen LogP contribution in [-0.2, 0) is 0 Å². The molecule has 0 atom stereocenters. The van der Waals surface area contributed by atoms with Crippen molar-refractivity contribution in [3.63, 3.8) is 0 Å². The van der Waals surface area contributed by atoms with Crippen molar-refractivity contribution in [1.82, 2.24) is 0 Å². The summed E-state index contributed by atoms with van der Waals surface area (Å²) in [5.74, 6) is 2.67. The van der Waals surface area contributed by atoms with Crippen molar-refractivity contribution in [1.29, 1.82) is 0 Å². The second-order valence-corrected chi connectivity index (χ2v) is 5.40. The largest absolute Gasteiger partial charge is 0.454 e. The van der Waals surface area contributed by atoms with E-state index in [-0.39, 0.29) is 12.6 Å². The molecule has 4 rings (SSSR count). The first-order valence-electron chi connectivity index (χ1n) is 7.30. The standard InChI is InChI=1S/C19H14FO3/c1-12-7-14-9-18-19(22-11-21-18)10-16(14)17(23-12)6-5-13-3-2-4-15(20)8-13/h2-10H,11H2,1H3/q+1/b6-5+. The van der Waals surface area contributed by atoms with E-state index < -0.39 is 0 Å². The molecule has 4 heteroatoms. The lowest BCUT2D eigenvalue weighted by Crippen LogP contribution is -1.92. The third-order valence-corrected chi connectivity index (χ3v) is 3.72. The second-order valence-electron chi connectivity index (χ2n) is 5.40. The van der Waals surface area contributed by atoms with Crippen molar-refractivity contribution in [2.45, 2.75) is 6.92 Å². The molecule has 0 unspecified atom stereocenters. The topological polar surface area (TPSA) is 29.8 Å². The van der Waals surface area contributed by atoms with Crippen molar-refractivity contribution in [3.8, 4) is 11.5 Å². The molecule has 114 valence electrons. The van der Waals surface area contributed by atoms with E-state index in [1.807, 2.05) is 43.3 Å². The van der Waals surface area contributed by atoms with Gasteiger partial charge in [0.2, 0.25) is 6.79 Å². The maximum Gasteiger partial charge on any atom is 0.360 e. The Balaban J connectivity index is 1.82. The molecule has 0 bridgehead atoms. The SMILES string of the molecule is Cc1cc2cc3c(cc2c(/C=C/c2cccc(F)c2)[o+]1)OCO3. The Hall–Kier alpha value is -2.88. The first-order valence-corrected chi connectivity index (χ1v) is 7.30. The Bertz CT molecular complexity index is 931. The van der Waals surface area contributed by atoms with Crippen molar-refractivity contribution in [2.24, 2.45) is 0 Å². The fourth-order valence-corrected chi connectivity index (χ4v) is 2.67. The number of halogens is 1. The quantitative estimate of drug-likeness (QED) is 0.620. The molecule has 0 amide bonds. The molecule has 1 aromatic heterocycles. The van der Waals surface area contributed by atoms with E-state index in [0.717, 1.165) is 27.8 Å². The minimum absolute atomic E-state index is 0.232. The van der Waals surface area contributed by atoms with E-state index in [1.54, 1.807) is 6.07 Å². The average Bonchev–Trinajstić information content (AvgIpc) is 2.98. The molecule has 2 aromatic carbocycles. The van der Waals surface area contributed by atoms with Gasteiger partial charge in [0.05, 0.1) is 12.3 Å². The van der Waals surface area contributed by atoms with Gasteiger partial charge in [-0.25, -0.2) is 8.81 Å². The molecule has 1 aliphatic rings. The summed E-state index contributed by atoms with van der Waals surface area (Å²) in [7, 11) is 0. The van der Waals surface area contributed by atoms with Crippen molar-refractivity contribution in [3.05, 3.63) is 65.4 Å². The number of ether oxygens (including phenoxy) is 2. The predicted octanol–water partition coefficient (Wildman–Crippen LogP) is 5.06. The van der Waals surface area contributed by atoms with Crippen LogP contribution in [-0.4, -0.2) is 6.79 Å². The Morgan fingerprint density at radius 2 is 1.87 bits per heavy atom. The van der Waals surface area contributed by atoms with Gasteiger partial charge in [0, 0.05) is 23.6 Å². The Morgan fingerprint density at radius 1 is 1.04 bits per heavy atom. The minimum Gasteiger partial charge on any atom is -0.454 e. The van der Waals surface area contributed by atoms with Gasteiger partial charge in [-0.2, -0.15) is 0 Å². The van der Waals surface area contributed by atoms with Crippen LogP contribution in [0.2, 0.25) is 0 Å². The summed E-state index contributed by atoms with van der Waals surface area (Å²) in [4.78, 5) is 0. The van der Waals surface area contributed by atoms with Crippen LogP contribution in [0.25, 0.3) is 22.9 Å². The van der Waals surface area contributed by atoms with Crippen LogP contribution in [0.1, 0.15) is 17.1 Å². The Morgan fingerprint density at radius 3 is 2.70 bits per heavy atom. The van der Waals surface area contributed by atoms with Gasteiger partial charge in [-0.05, 0) is 29.8 Å². The lowest BCUT2D eigenvalue weighted by Gasteiger charge is -1.99. The van der Waals surface area contributed by atoms with Crippen LogP contribution < -0.4 is 9.47 Å². The van der Waals surface area contributed by atoms with E-state index in [1.165, 1.54) is 12.1 Å².